The number of aryl methyl sites for hydroxylation is 1. The van der Waals surface area contributed by atoms with Gasteiger partial charge in [-0.3, -0.25) is 4.79 Å². The molecular formula is C16H14IN3OS. The van der Waals surface area contributed by atoms with E-state index in [9.17, 15) is 4.79 Å². The average molecular weight is 423 g/mol. The number of carbonyl (C=O) groups is 1. The Hall–Kier alpha value is -1.54. The third-order valence-electron chi connectivity index (χ3n) is 3.10. The van der Waals surface area contributed by atoms with Crippen molar-refractivity contribution in [1.29, 1.82) is 0 Å². The second-order valence-corrected chi connectivity index (χ2v) is 7.01. The number of H-pyrrole nitrogens is 1. The molecule has 4 nitrogen and oxygen atoms in total. The highest BCUT2D eigenvalue weighted by atomic mass is 127. The van der Waals surface area contributed by atoms with E-state index >= 15 is 0 Å². The molecule has 1 amide bonds. The zero-order valence-corrected chi connectivity index (χ0v) is 14.9. The SMILES string of the molecule is Cc1ccc2nc(SCC(=O)Nc3ccccc3I)[nH]c2c1. The van der Waals surface area contributed by atoms with E-state index in [-0.39, 0.29) is 5.91 Å². The Kier molecular flexibility index (Phi) is 4.68. The summed E-state index contributed by atoms with van der Waals surface area (Å²) in [5.41, 5.74) is 3.95. The number of anilines is 1. The van der Waals surface area contributed by atoms with Crippen LogP contribution in [0.15, 0.2) is 47.6 Å². The Balaban J connectivity index is 1.63. The second kappa shape index (κ2) is 6.70. The van der Waals surface area contributed by atoms with Crippen LogP contribution in [0, 0.1) is 10.5 Å². The topological polar surface area (TPSA) is 57.8 Å². The molecule has 112 valence electrons. The minimum Gasteiger partial charge on any atom is -0.333 e. The van der Waals surface area contributed by atoms with Gasteiger partial charge in [-0.15, -0.1) is 0 Å². The number of aromatic amines is 1. The van der Waals surface area contributed by atoms with Crippen molar-refractivity contribution >= 4 is 57.0 Å². The number of nitrogens with one attached hydrogen (secondary N) is 2. The molecular weight excluding hydrogens is 409 g/mol. The molecule has 3 aromatic rings. The Bertz CT molecular complexity index is 831. The van der Waals surface area contributed by atoms with E-state index in [0.717, 1.165) is 25.4 Å². The molecule has 0 saturated heterocycles. The number of amides is 1. The summed E-state index contributed by atoms with van der Waals surface area (Å²) in [5, 5.41) is 3.68. The molecule has 6 heteroatoms. The summed E-state index contributed by atoms with van der Waals surface area (Å²) in [7, 11) is 0. The first-order valence-electron chi connectivity index (χ1n) is 6.75. The lowest BCUT2D eigenvalue weighted by atomic mass is 10.2. The maximum atomic E-state index is 12.0. The third-order valence-corrected chi connectivity index (χ3v) is 4.92. The molecule has 3 rings (SSSR count). The van der Waals surface area contributed by atoms with Gasteiger partial charge >= 0.3 is 0 Å². The van der Waals surface area contributed by atoms with Gasteiger partial charge in [0, 0.05) is 3.57 Å². The van der Waals surface area contributed by atoms with Crippen LogP contribution in [0.3, 0.4) is 0 Å². The Labute approximate surface area is 146 Å². The molecule has 0 aliphatic heterocycles. The van der Waals surface area contributed by atoms with Crippen LogP contribution in [0.5, 0.6) is 0 Å². The Morgan fingerprint density at radius 3 is 2.95 bits per heavy atom. The summed E-state index contributed by atoms with van der Waals surface area (Å²) in [5.74, 6) is 0.287. The van der Waals surface area contributed by atoms with E-state index in [2.05, 4.69) is 43.9 Å². The number of imidazole rings is 1. The molecule has 22 heavy (non-hydrogen) atoms. The van der Waals surface area contributed by atoms with Gasteiger partial charge in [-0.1, -0.05) is 30.0 Å². The van der Waals surface area contributed by atoms with Gasteiger partial charge in [0.25, 0.3) is 0 Å². The summed E-state index contributed by atoms with van der Waals surface area (Å²) in [6.45, 7) is 2.04. The van der Waals surface area contributed by atoms with Crippen molar-refractivity contribution in [2.75, 3.05) is 11.1 Å². The number of hydrogen-bond acceptors (Lipinski definition) is 3. The van der Waals surface area contributed by atoms with Gasteiger partial charge in [-0.2, -0.15) is 0 Å². The lowest BCUT2D eigenvalue weighted by Crippen LogP contribution is -2.14. The van der Waals surface area contributed by atoms with Crippen LogP contribution in [-0.4, -0.2) is 21.6 Å². The number of thioether (sulfide) groups is 1. The molecule has 0 atom stereocenters. The van der Waals surface area contributed by atoms with Crippen molar-refractivity contribution in [3.63, 3.8) is 0 Å². The molecule has 0 radical (unpaired) electrons. The van der Waals surface area contributed by atoms with Gasteiger partial charge in [0.15, 0.2) is 5.16 Å². The molecule has 0 saturated carbocycles. The summed E-state index contributed by atoms with van der Waals surface area (Å²) in [6, 6.07) is 13.8. The fraction of sp³-hybridized carbons (Fsp3) is 0.125. The molecule has 1 heterocycles. The van der Waals surface area contributed by atoms with Crippen molar-refractivity contribution in [3.05, 3.63) is 51.6 Å². The molecule has 0 spiro atoms. The Morgan fingerprint density at radius 2 is 2.14 bits per heavy atom. The van der Waals surface area contributed by atoms with Crippen LogP contribution in [0.25, 0.3) is 11.0 Å². The highest BCUT2D eigenvalue weighted by Gasteiger charge is 2.08. The number of carbonyl (C=O) groups excluding carboxylic acids is 1. The van der Waals surface area contributed by atoms with Crippen molar-refractivity contribution in [3.8, 4) is 0 Å². The van der Waals surface area contributed by atoms with E-state index < -0.39 is 0 Å². The van der Waals surface area contributed by atoms with Gasteiger partial charge in [-0.25, -0.2) is 4.98 Å². The number of halogens is 1. The van der Waals surface area contributed by atoms with Crippen LogP contribution in [0.2, 0.25) is 0 Å². The summed E-state index contributed by atoms with van der Waals surface area (Å²) >= 11 is 3.61. The fourth-order valence-electron chi connectivity index (χ4n) is 2.05. The van der Waals surface area contributed by atoms with E-state index in [1.165, 1.54) is 17.3 Å². The first kappa shape index (κ1) is 15.4. The maximum absolute atomic E-state index is 12.0. The first-order valence-corrected chi connectivity index (χ1v) is 8.82. The molecule has 0 fully saturated rings. The van der Waals surface area contributed by atoms with E-state index in [1.54, 1.807) is 0 Å². The zero-order valence-electron chi connectivity index (χ0n) is 11.9. The minimum atomic E-state index is -0.0363. The van der Waals surface area contributed by atoms with Crippen LogP contribution in [0.4, 0.5) is 5.69 Å². The van der Waals surface area contributed by atoms with Gasteiger partial charge in [0.1, 0.15) is 0 Å². The number of rotatable bonds is 4. The number of hydrogen-bond donors (Lipinski definition) is 2. The first-order chi connectivity index (χ1) is 10.6. The van der Waals surface area contributed by atoms with Gasteiger partial charge in [-0.05, 0) is 59.3 Å². The molecule has 2 aromatic carbocycles. The lowest BCUT2D eigenvalue weighted by molar-refractivity contribution is -0.113. The van der Waals surface area contributed by atoms with Crippen LogP contribution < -0.4 is 5.32 Å². The van der Waals surface area contributed by atoms with Crippen molar-refractivity contribution in [1.82, 2.24) is 9.97 Å². The monoisotopic (exact) mass is 423 g/mol. The molecule has 0 aliphatic rings. The fourth-order valence-corrected chi connectivity index (χ4v) is 3.26. The molecule has 0 aliphatic carbocycles. The van der Waals surface area contributed by atoms with Crippen molar-refractivity contribution < 1.29 is 4.79 Å². The van der Waals surface area contributed by atoms with E-state index in [0.29, 0.717) is 5.75 Å². The lowest BCUT2D eigenvalue weighted by Gasteiger charge is -2.06. The van der Waals surface area contributed by atoms with Gasteiger partial charge in [0.05, 0.1) is 22.5 Å². The van der Waals surface area contributed by atoms with Crippen molar-refractivity contribution in [2.24, 2.45) is 0 Å². The summed E-state index contributed by atoms with van der Waals surface area (Å²) in [4.78, 5) is 19.7. The van der Waals surface area contributed by atoms with Crippen LogP contribution in [-0.2, 0) is 4.79 Å². The number of nitrogens with zero attached hydrogens (tertiary/aromatic N) is 1. The minimum absolute atomic E-state index is 0.0363. The van der Waals surface area contributed by atoms with Gasteiger partial charge in [0.2, 0.25) is 5.91 Å². The molecule has 2 N–H and O–H groups in total. The number of para-hydroxylation sites is 1. The average Bonchev–Trinajstić information content (AvgIpc) is 2.89. The van der Waals surface area contributed by atoms with Crippen LogP contribution in [0.1, 0.15) is 5.56 Å². The number of benzene rings is 2. The predicted molar refractivity (Wildman–Crippen MR) is 99.3 cm³/mol. The molecule has 0 unspecified atom stereocenters. The molecule has 1 aromatic heterocycles. The Morgan fingerprint density at radius 1 is 1.32 bits per heavy atom. The highest BCUT2D eigenvalue weighted by molar-refractivity contribution is 14.1. The van der Waals surface area contributed by atoms with Crippen molar-refractivity contribution in [2.45, 2.75) is 12.1 Å². The number of aromatic nitrogens is 2. The summed E-state index contributed by atoms with van der Waals surface area (Å²) < 4.78 is 1.03. The van der Waals surface area contributed by atoms with Crippen LogP contribution >= 0.6 is 34.4 Å². The number of fused-ring (bicyclic) bond motifs is 1. The quantitative estimate of drug-likeness (QED) is 0.489. The maximum Gasteiger partial charge on any atom is 0.234 e. The second-order valence-electron chi connectivity index (χ2n) is 4.88. The molecule has 0 bridgehead atoms. The normalized spacial score (nSPS) is 10.8. The zero-order chi connectivity index (χ0) is 15.5. The predicted octanol–water partition coefficient (Wildman–Crippen LogP) is 4.21. The highest BCUT2D eigenvalue weighted by Crippen LogP contribution is 2.21. The smallest absolute Gasteiger partial charge is 0.234 e. The van der Waals surface area contributed by atoms with E-state index in [1.807, 2.05) is 43.3 Å². The van der Waals surface area contributed by atoms with E-state index in [4.69, 9.17) is 0 Å². The van der Waals surface area contributed by atoms with Gasteiger partial charge < -0.3 is 10.3 Å². The standard InChI is InChI=1S/C16H14IN3OS/c1-10-6-7-13-14(8-10)20-16(19-13)22-9-15(21)18-12-5-3-2-4-11(12)17/h2-8H,9H2,1H3,(H,18,21)(H,19,20). The largest absolute Gasteiger partial charge is 0.333 e. The summed E-state index contributed by atoms with van der Waals surface area (Å²) in [6.07, 6.45) is 0. The third kappa shape index (κ3) is 3.61.